The van der Waals surface area contributed by atoms with Gasteiger partial charge < -0.3 is 37.6 Å². The molecule has 0 rings (SSSR count). The van der Waals surface area contributed by atoms with Crippen LogP contribution < -0.4 is 27.4 Å². The monoisotopic (exact) mass is 417 g/mol. The van der Waals surface area contributed by atoms with Crippen molar-refractivity contribution in [2.75, 3.05) is 13.1 Å². The molecule has 0 aromatic heterocycles. The summed E-state index contributed by atoms with van der Waals surface area (Å²) in [5.74, 6) is -5.45. The van der Waals surface area contributed by atoms with Crippen molar-refractivity contribution in [2.24, 2.45) is 17.4 Å². The minimum absolute atomic E-state index is 0.208. The first-order valence-corrected chi connectivity index (χ1v) is 9.28. The highest BCUT2D eigenvalue weighted by atomic mass is 16.4. The fourth-order valence-corrected chi connectivity index (χ4v) is 2.44. The minimum Gasteiger partial charge on any atom is -0.481 e. The Kier molecular flexibility index (Phi) is 12.2. The molecule has 0 spiro atoms. The van der Waals surface area contributed by atoms with Crippen LogP contribution in [-0.2, 0) is 24.0 Å². The molecule has 0 fully saturated rings. The summed E-state index contributed by atoms with van der Waals surface area (Å²) in [6.07, 6.45) is 0.544. The van der Waals surface area contributed by atoms with Crippen molar-refractivity contribution in [1.29, 1.82) is 0 Å². The van der Waals surface area contributed by atoms with Crippen LogP contribution in [0.15, 0.2) is 0 Å². The predicted octanol–water partition coefficient (Wildman–Crippen LogP) is -2.26. The number of rotatable bonds is 14. The molecule has 0 heterocycles. The highest BCUT2D eigenvalue weighted by molar-refractivity contribution is 5.95. The molecule has 3 atom stereocenters. The first-order chi connectivity index (χ1) is 13.5. The van der Waals surface area contributed by atoms with Gasteiger partial charge in [0.1, 0.15) is 18.1 Å². The molecule has 0 saturated carbocycles. The molecule has 12 heteroatoms. The van der Waals surface area contributed by atoms with E-state index >= 15 is 0 Å². The third-order valence-corrected chi connectivity index (χ3v) is 4.03. The maximum absolute atomic E-state index is 12.6. The summed E-state index contributed by atoms with van der Waals surface area (Å²) < 4.78 is 0. The highest BCUT2D eigenvalue weighted by Crippen LogP contribution is 2.06. The normalized spacial score (nSPS) is 13.8. The van der Waals surface area contributed by atoms with E-state index in [0.717, 1.165) is 0 Å². The van der Waals surface area contributed by atoms with Crippen LogP contribution in [0.5, 0.6) is 0 Å². The Morgan fingerprint density at radius 3 is 1.90 bits per heavy atom. The standard InChI is InChI=1S/C17H31N5O7/c1-9(2)14(17(28)29)22-16(27)11(7-13(24)25)21-15(26)10(5-3-4-6-18)20-12(23)8-19/h9-11,14H,3-8,18-19H2,1-2H3,(H,20,23)(H,21,26)(H,22,27)(H,24,25)(H,28,29). The summed E-state index contributed by atoms with van der Waals surface area (Å²) in [4.78, 5) is 58.9. The summed E-state index contributed by atoms with van der Waals surface area (Å²) >= 11 is 0. The molecule has 3 unspecified atom stereocenters. The summed E-state index contributed by atoms with van der Waals surface area (Å²) in [6.45, 7) is 3.17. The zero-order valence-corrected chi connectivity index (χ0v) is 16.6. The van der Waals surface area contributed by atoms with Gasteiger partial charge in [0.2, 0.25) is 17.7 Å². The number of carbonyl (C=O) groups excluding carboxylic acids is 3. The Morgan fingerprint density at radius 1 is 0.862 bits per heavy atom. The Labute approximate surface area is 168 Å². The lowest BCUT2D eigenvalue weighted by molar-refractivity contribution is -0.144. The van der Waals surface area contributed by atoms with E-state index in [-0.39, 0.29) is 13.0 Å². The number of hydrogen-bond acceptors (Lipinski definition) is 7. The van der Waals surface area contributed by atoms with Gasteiger partial charge in [-0.25, -0.2) is 4.79 Å². The number of hydrogen-bond donors (Lipinski definition) is 7. The Hall–Kier alpha value is -2.73. The maximum atomic E-state index is 12.6. The minimum atomic E-state index is -1.52. The number of nitrogens with one attached hydrogen (secondary N) is 3. The van der Waals surface area contributed by atoms with E-state index in [2.05, 4.69) is 16.0 Å². The molecule has 0 aromatic rings. The summed E-state index contributed by atoms with van der Waals surface area (Å²) in [5, 5.41) is 25.1. The van der Waals surface area contributed by atoms with Crippen molar-refractivity contribution >= 4 is 29.7 Å². The summed E-state index contributed by atoms with van der Waals surface area (Å²) in [5.41, 5.74) is 10.7. The lowest BCUT2D eigenvalue weighted by Gasteiger charge is -2.24. The SMILES string of the molecule is CC(C)C(NC(=O)C(CC(=O)O)NC(=O)C(CCCCN)NC(=O)CN)C(=O)O. The smallest absolute Gasteiger partial charge is 0.326 e. The van der Waals surface area contributed by atoms with Gasteiger partial charge in [-0.1, -0.05) is 13.8 Å². The summed E-state index contributed by atoms with van der Waals surface area (Å²) in [6, 6.07) is -3.82. The first-order valence-electron chi connectivity index (χ1n) is 9.28. The highest BCUT2D eigenvalue weighted by Gasteiger charge is 2.31. The van der Waals surface area contributed by atoms with Crippen molar-refractivity contribution in [1.82, 2.24) is 16.0 Å². The topological polar surface area (TPSA) is 214 Å². The van der Waals surface area contributed by atoms with Crippen LogP contribution in [0.4, 0.5) is 0 Å². The molecule has 0 aliphatic heterocycles. The molecule has 0 saturated heterocycles. The fourth-order valence-electron chi connectivity index (χ4n) is 2.44. The second-order valence-corrected chi connectivity index (χ2v) is 6.84. The van der Waals surface area contributed by atoms with Gasteiger partial charge in [-0.15, -0.1) is 0 Å². The Balaban J connectivity index is 5.33. The van der Waals surface area contributed by atoms with Crippen LogP contribution in [0.3, 0.4) is 0 Å². The van der Waals surface area contributed by atoms with E-state index in [0.29, 0.717) is 19.4 Å². The maximum Gasteiger partial charge on any atom is 0.326 e. The number of amides is 3. The van der Waals surface area contributed by atoms with Crippen LogP contribution in [0.1, 0.15) is 39.5 Å². The Bertz CT molecular complexity index is 597. The van der Waals surface area contributed by atoms with E-state index in [4.69, 9.17) is 16.6 Å². The van der Waals surface area contributed by atoms with Crippen molar-refractivity contribution in [3.8, 4) is 0 Å². The van der Waals surface area contributed by atoms with Gasteiger partial charge in [-0.05, 0) is 31.7 Å². The van der Waals surface area contributed by atoms with E-state index in [1.165, 1.54) is 0 Å². The molecule has 0 aliphatic rings. The zero-order valence-electron chi connectivity index (χ0n) is 16.6. The third-order valence-electron chi connectivity index (χ3n) is 4.03. The average molecular weight is 417 g/mol. The second kappa shape index (κ2) is 13.4. The molecule has 0 bridgehead atoms. The predicted molar refractivity (Wildman–Crippen MR) is 102 cm³/mol. The molecule has 3 amide bonds. The van der Waals surface area contributed by atoms with Crippen LogP contribution in [-0.4, -0.2) is 71.1 Å². The van der Waals surface area contributed by atoms with Gasteiger partial charge in [0, 0.05) is 0 Å². The number of carbonyl (C=O) groups is 5. The number of aliphatic carboxylic acids is 2. The van der Waals surface area contributed by atoms with E-state index in [1.807, 2.05) is 0 Å². The molecule has 166 valence electrons. The molecule has 0 radical (unpaired) electrons. The lowest BCUT2D eigenvalue weighted by atomic mass is 10.0. The van der Waals surface area contributed by atoms with Crippen LogP contribution in [0.2, 0.25) is 0 Å². The molecule has 0 aromatic carbocycles. The van der Waals surface area contributed by atoms with Gasteiger partial charge in [0.05, 0.1) is 13.0 Å². The summed E-state index contributed by atoms with van der Waals surface area (Å²) in [7, 11) is 0. The van der Waals surface area contributed by atoms with Gasteiger partial charge in [0.15, 0.2) is 0 Å². The Morgan fingerprint density at radius 2 is 1.45 bits per heavy atom. The third kappa shape index (κ3) is 10.4. The zero-order chi connectivity index (χ0) is 22.6. The molecule has 0 aliphatic carbocycles. The lowest BCUT2D eigenvalue weighted by Crippen LogP contribution is -2.57. The van der Waals surface area contributed by atoms with Crippen LogP contribution in [0, 0.1) is 5.92 Å². The molecular formula is C17H31N5O7. The second-order valence-electron chi connectivity index (χ2n) is 6.84. The number of carboxylic acid groups (broad SMARTS) is 2. The van der Waals surface area contributed by atoms with Crippen molar-refractivity contribution in [2.45, 2.75) is 57.7 Å². The first kappa shape index (κ1) is 26.3. The van der Waals surface area contributed by atoms with E-state index < -0.39 is 60.1 Å². The quantitative estimate of drug-likeness (QED) is 0.152. The molecule has 29 heavy (non-hydrogen) atoms. The van der Waals surface area contributed by atoms with Crippen molar-refractivity contribution in [3.05, 3.63) is 0 Å². The molecular weight excluding hydrogens is 386 g/mol. The van der Waals surface area contributed by atoms with Gasteiger partial charge >= 0.3 is 11.9 Å². The van der Waals surface area contributed by atoms with Crippen molar-refractivity contribution < 1.29 is 34.2 Å². The van der Waals surface area contributed by atoms with Gasteiger partial charge in [0.25, 0.3) is 0 Å². The van der Waals surface area contributed by atoms with E-state index in [1.54, 1.807) is 13.8 Å². The average Bonchev–Trinajstić information content (AvgIpc) is 2.63. The van der Waals surface area contributed by atoms with Crippen molar-refractivity contribution in [3.63, 3.8) is 0 Å². The van der Waals surface area contributed by atoms with Gasteiger partial charge in [-0.2, -0.15) is 0 Å². The van der Waals surface area contributed by atoms with Crippen LogP contribution >= 0.6 is 0 Å². The van der Waals surface area contributed by atoms with Crippen LogP contribution in [0.25, 0.3) is 0 Å². The van der Waals surface area contributed by atoms with E-state index in [9.17, 15) is 29.1 Å². The largest absolute Gasteiger partial charge is 0.481 e. The van der Waals surface area contributed by atoms with Gasteiger partial charge in [-0.3, -0.25) is 19.2 Å². The number of carboxylic acids is 2. The molecule has 9 N–H and O–H groups in total. The number of unbranched alkanes of at least 4 members (excludes halogenated alkanes) is 1. The fraction of sp³-hybridized carbons (Fsp3) is 0.706. The number of nitrogens with two attached hydrogens (primary N) is 2. The molecule has 12 nitrogen and oxygen atoms in total.